The van der Waals surface area contributed by atoms with Crippen LogP contribution < -0.4 is 10.6 Å². The Hall–Kier alpha value is -2.12. The number of carbonyl (C=O) groups excluding carboxylic acids is 2. The Bertz CT molecular complexity index is 870. The largest absolute Gasteiger partial charge is 0.379 e. The van der Waals surface area contributed by atoms with Gasteiger partial charge in [0.25, 0.3) is 5.91 Å². The van der Waals surface area contributed by atoms with Crippen molar-refractivity contribution in [2.75, 3.05) is 38.2 Å². The van der Waals surface area contributed by atoms with Gasteiger partial charge in [-0.05, 0) is 35.9 Å². The van der Waals surface area contributed by atoms with Crippen molar-refractivity contribution >= 4 is 40.7 Å². The lowest BCUT2D eigenvalue weighted by atomic mass is 10.1. The topological polar surface area (TPSA) is 70.7 Å². The summed E-state index contributed by atoms with van der Waals surface area (Å²) in [5, 5.41) is 6.49. The fourth-order valence-electron chi connectivity index (χ4n) is 2.99. The maximum atomic E-state index is 12.3. The highest BCUT2D eigenvalue weighted by Crippen LogP contribution is 2.22. The molecule has 154 valence electrons. The molecule has 0 radical (unpaired) electrons. The number of carbonyl (C=O) groups is 2. The van der Waals surface area contributed by atoms with Crippen LogP contribution in [0.25, 0.3) is 0 Å². The number of benzene rings is 2. The summed E-state index contributed by atoms with van der Waals surface area (Å²) in [7, 11) is 0. The normalized spacial score (nSPS) is 14.4. The van der Waals surface area contributed by atoms with Gasteiger partial charge in [0, 0.05) is 43.9 Å². The summed E-state index contributed by atoms with van der Waals surface area (Å²) >= 11 is 11.8. The predicted molar refractivity (Wildman–Crippen MR) is 115 cm³/mol. The Morgan fingerprint density at radius 2 is 1.83 bits per heavy atom. The van der Waals surface area contributed by atoms with Crippen molar-refractivity contribution in [3.05, 3.63) is 63.6 Å². The monoisotopic (exact) mass is 435 g/mol. The lowest BCUT2D eigenvalue weighted by Crippen LogP contribution is -2.38. The number of morpholine rings is 1. The molecule has 2 N–H and O–H groups in total. The van der Waals surface area contributed by atoms with Crippen molar-refractivity contribution in [3.63, 3.8) is 0 Å². The van der Waals surface area contributed by atoms with Crippen molar-refractivity contribution < 1.29 is 14.3 Å². The van der Waals surface area contributed by atoms with E-state index in [2.05, 4.69) is 15.5 Å². The number of hydrogen-bond donors (Lipinski definition) is 2. The molecule has 1 aliphatic rings. The molecule has 3 rings (SSSR count). The van der Waals surface area contributed by atoms with Gasteiger partial charge in [-0.15, -0.1) is 0 Å². The molecule has 2 aromatic rings. The van der Waals surface area contributed by atoms with Crippen LogP contribution in [0.3, 0.4) is 0 Å². The van der Waals surface area contributed by atoms with Gasteiger partial charge in [-0.1, -0.05) is 35.3 Å². The van der Waals surface area contributed by atoms with Crippen LogP contribution in [0.15, 0.2) is 42.5 Å². The molecule has 6 nitrogen and oxygen atoms in total. The number of hydrogen-bond acceptors (Lipinski definition) is 4. The summed E-state index contributed by atoms with van der Waals surface area (Å²) in [4.78, 5) is 26.7. The van der Waals surface area contributed by atoms with E-state index in [1.165, 1.54) is 6.07 Å². The fraction of sp³-hybridized carbons (Fsp3) is 0.333. The molecule has 0 bridgehead atoms. The van der Waals surface area contributed by atoms with Crippen molar-refractivity contribution in [2.24, 2.45) is 0 Å². The minimum Gasteiger partial charge on any atom is -0.379 e. The van der Waals surface area contributed by atoms with Gasteiger partial charge < -0.3 is 15.4 Å². The van der Waals surface area contributed by atoms with E-state index in [0.29, 0.717) is 40.8 Å². The maximum absolute atomic E-state index is 12.3. The van der Waals surface area contributed by atoms with Gasteiger partial charge in [0.1, 0.15) is 0 Å². The molecule has 0 saturated carbocycles. The molecule has 0 atom stereocenters. The SMILES string of the molecule is O=C(CCN1CCOCC1)Nc1cccc(CNC(=O)c2ccc(Cl)c(Cl)c2)c1. The maximum Gasteiger partial charge on any atom is 0.251 e. The average molecular weight is 436 g/mol. The van der Waals surface area contributed by atoms with E-state index < -0.39 is 0 Å². The summed E-state index contributed by atoms with van der Waals surface area (Å²) in [5.41, 5.74) is 2.02. The fourth-order valence-corrected chi connectivity index (χ4v) is 3.29. The van der Waals surface area contributed by atoms with Crippen molar-refractivity contribution in [2.45, 2.75) is 13.0 Å². The number of anilines is 1. The van der Waals surface area contributed by atoms with Crippen LogP contribution in [0.5, 0.6) is 0 Å². The minimum absolute atomic E-state index is 0.0338. The van der Waals surface area contributed by atoms with Gasteiger partial charge in [-0.2, -0.15) is 0 Å². The van der Waals surface area contributed by atoms with Crippen molar-refractivity contribution in [1.29, 1.82) is 0 Å². The van der Waals surface area contributed by atoms with E-state index in [1.807, 2.05) is 24.3 Å². The first-order valence-corrected chi connectivity index (χ1v) is 10.2. The third kappa shape index (κ3) is 6.72. The van der Waals surface area contributed by atoms with E-state index in [-0.39, 0.29) is 11.8 Å². The molecule has 2 amide bonds. The molecule has 1 saturated heterocycles. The average Bonchev–Trinajstić information content (AvgIpc) is 2.73. The molecule has 8 heteroatoms. The van der Waals surface area contributed by atoms with Crippen LogP contribution in [-0.2, 0) is 16.1 Å². The predicted octanol–water partition coefficient (Wildman–Crippen LogP) is 3.58. The molecule has 29 heavy (non-hydrogen) atoms. The number of ether oxygens (including phenoxy) is 1. The first-order valence-electron chi connectivity index (χ1n) is 9.43. The van der Waals surface area contributed by atoms with E-state index in [9.17, 15) is 9.59 Å². The number of rotatable bonds is 7. The molecule has 1 aliphatic heterocycles. The van der Waals surface area contributed by atoms with Gasteiger partial charge in [0.2, 0.25) is 5.91 Å². The number of nitrogens with zero attached hydrogens (tertiary/aromatic N) is 1. The number of halogens is 2. The summed E-state index contributed by atoms with van der Waals surface area (Å²) in [5.74, 6) is -0.281. The molecule has 0 spiro atoms. The van der Waals surface area contributed by atoms with Gasteiger partial charge in [-0.25, -0.2) is 0 Å². The summed E-state index contributed by atoms with van der Waals surface area (Å²) in [6.07, 6.45) is 0.429. The lowest BCUT2D eigenvalue weighted by molar-refractivity contribution is -0.116. The van der Waals surface area contributed by atoms with Gasteiger partial charge >= 0.3 is 0 Å². The Kier molecular flexibility index (Phi) is 7.89. The van der Waals surface area contributed by atoms with E-state index in [1.54, 1.807) is 12.1 Å². The summed E-state index contributed by atoms with van der Waals surface area (Å²) in [6, 6.07) is 12.2. The number of amides is 2. The van der Waals surface area contributed by atoms with Crippen LogP contribution in [0.4, 0.5) is 5.69 Å². The lowest BCUT2D eigenvalue weighted by Gasteiger charge is -2.26. The van der Waals surface area contributed by atoms with Gasteiger partial charge in [-0.3, -0.25) is 14.5 Å². The molecule has 0 unspecified atom stereocenters. The molecule has 2 aromatic carbocycles. The standard InChI is InChI=1S/C21H23Cl2N3O3/c22-18-5-4-16(13-19(18)23)21(28)24-14-15-2-1-3-17(12-15)25-20(27)6-7-26-8-10-29-11-9-26/h1-5,12-13H,6-11,14H2,(H,24,28)(H,25,27). The molecule has 1 fully saturated rings. The van der Waals surface area contributed by atoms with Crippen LogP contribution in [0.1, 0.15) is 22.3 Å². The highest BCUT2D eigenvalue weighted by Gasteiger charge is 2.12. The quantitative estimate of drug-likeness (QED) is 0.696. The van der Waals surface area contributed by atoms with E-state index in [4.69, 9.17) is 27.9 Å². The van der Waals surface area contributed by atoms with Crippen LogP contribution in [0, 0.1) is 0 Å². The third-order valence-corrected chi connectivity index (χ3v) is 5.34. The molecule has 0 aliphatic carbocycles. The van der Waals surface area contributed by atoms with E-state index in [0.717, 1.165) is 31.9 Å². The number of nitrogens with one attached hydrogen (secondary N) is 2. The zero-order valence-electron chi connectivity index (χ0n) is 15.9. The van der Waals surface area contributed by atoms with Crippen LogP contribution >= 0.6 is 23.2 Å². The zero-order chi connectivity index (χ0) is 20.6. The molecular formula is C21H23Cl2N3O3. The Morgan fingerprint density at radius 3 is 2.59 bits per heavy atom. The van der Waals surface area contributed by atoms with E-state index >= 15 is 0 Å². The highest BCUT2D eigenvalue weighted by atomic mass is 35.5. The van der Waals surface area contributed by atoms with Gasteiger partial charge in [0.15, 0.2) is 0 Å². The first kappa shape index (κ1) is 21.6. The third-order valence-electron chi connectivity index (χ3n) is 4.60. The summed E-state index contributed by atoms with van der Waals surface area (Å²) in [6.45, 7) is 4.21. The minimum atomic E-state index is -0.247. The van der Waals surface area contributed by atoms with Gasteiger partial charge in [0.05, 0.1) is 23.3 Å². The van der Waals surface area contributed by atoms with Crippen LogP contribution in [-0.4, -0.2) is 49.6 Å². The second-order valence-electron chi connectivity index (χ2n) is 6.76. The molecule has 1 heterocycles. The Morgan fingerprint density at radius 1 is 1.03 bits per heavy atom. The molecule has 0 aromatic heterocycles. The second-order valence-corrected chi connectivity index (χ2v) is 7.58. The zero-order valence-corrected chi connectivity index (χ0v) is 17.4. The van der Waals surface area contributed by atoms with Crippen LogP contribution in [0.2, 0.25) is 10.0 Å². The highest BCUT2D eigenvalue weighted by molar-refractivity contribution is 6.42. The van der Waals surface area contributed by atoms with Crippen molar-refractivity contribution in [1.82, 2.24) is 10.2 Å². The summed E-state index contributed by atoms with van der Waals surface area (Å²) < 4.78 is 5.31. The second kappa shape index (κ2) is 10.6. The Labute approximate surface area is 180 Å². The first-order chi connectivity index (χ1) is 14.0. The molecular weight excluding hydrogens is 413 g/mol. The Balaban J connectivity index is 1.48. The smallest absolute Gasteiger partial charge is 0.251 e. The van der Waals surface area contributed by atoms with Crippen molar-refractivity contribution in [3.8, 4) is 0 Å².